The van der Waals surface area contributed by atoms with Crippen molar-refractivity contribution in [2.75, 3.05) is 6.61 Å². The number of nitrogens with two attached hydrogens (primary N) is 1. The van der Waals surface area contributed by atoms with Crippen LogP contribution < -0.4 is 15.8 Å². The molecule has 0 saturated heterocycles. The largest absolute Gasteiger partial charge is 0.493 e. The van der Waals surface area contributed by atoms with Crippen molar-refractivity contribution in [3.05, 3.63) is 29.8 Å². The number of amides is 2. The van der Waals surface area contributed by atoms with Gasteiger partial charge in [0, 0.05) is 5.56 Å². The molecule has 1 rings (SSSR count). The first-order valence-electron chi connectivity index (χ1n) is 6.86. The molecule has 7 heteroatoms. The van der Waals surface area contributed by atoms with Crippen molar-refractivity contribution in [1.29, 1.82) is 0 Å². The Labute approximate surface area is 128 Å². The molecule has 0 saturated carbocycles. The molecule has 22 heavy (non-hydrogen) atoms. The molecule has 4 N–H and O–H groups in total. The van der Waals surface area contributed by atoms with Gasteiger partial charge in [0.1, 0.15) is 11.8 Å². The maximum absolute atomic E-state index is 11.7. The minimum absolute atomic E-state index is 0.0112. The molecule has 0 heterocycles. The monoisotopic (exact) mass is 308 g/mol. The van der Waals surface area contributed by atoms with Crippen LogP contribution in [0.1, 0.15) is 30.6 Å². The number of nitrogens with one attached hydrogen (secondary N) is 1. The van der Waals surface area contributed by atoms with Gasteiger partial charge in [0.15, 0.2) is 0 Å². The quantitative estimate of drug-likeness (QED) is 0.655. The number of carboxylic acids is 1. The molecule has 0 unspecified atom stereocenters. The summed E-state index contributed by atoms with van der Waals surface area (Å²) >= 11 is 0. The van der Waals surface area contributed by atoms with Crippen LogP contribution in [0.3, 0.4) is 0 Å². The summed E-state index contributed by atoms with van der Waals surface area (Å²) in [5, 5.41) is 11.4. The standard InChI is InChI=1S/C15H20N2O5/c1-9(2)13(15(20)21)17-12(18)6-7-22-11-5-3-4-10(8-11)14(16)19/h3-5,8-9,13H,6-7H2,1-2H3,(H2,16,19)(H,17,18)(H,20,21)/t13-/m0/s1. The highest BCUT2D eigenvalue weighted by Crippen LogP contribution is 2.13. The van der Waals surface area contributed by atoms with Gasteiger partial charge in [-0.3, -0.25) is 9.59 Å². The molecule has 0 aromatic heterocycles. The highest BCUT2D eigenvalue weighted by atomic mass is 16.5. The molecule has 1 atom stereocenters. The van der Waals surface area contributed by atoms with Gasteiger partial charge < -0.3 is 20.9 Å². The molecule has 0 aliphatic heterocycles. The van der Waals surface area contributed by atoms with Crippen molar-refractivity contribution in [3.63, 3.8) is 0 Å². The van der Waals surface area contributed by atoms with Crippen LogP contribution >= 0.6 is 0 Å². The molecular formula is C15H20N2O5. The summed E-state index contributed by atoms with van der Waals surface area (Å²) < 4.78 is 5.35. The third-order valence-electron chi connectivity index (χ3n) is 2.97. The van der Waals surface area contributed by atoms with Crippen LogP contribution in [0.4, 0.5) is 0 Å². The average Bonchev–Trinajstić information content (AvgIpc) is 2.44. The Morgan fingerprint density at radius 2 is 2.00 bits per heavy atom. The van der Waals surface area contributed by atoms with E-state index >= 15 is 0 Å². The molecule has 0 aliphatic rings. The van der Waals surface area contributed by atoms with Crippen molar-refractivity contribution in [3.8, 4) is 5.75 Å². The highest BCUT2D eigenvalue weighted by molar-refractivity contribution is 5.93. The fraction of sp³-hybridized carbons (Fsp3) is 0.400. The minimum atomic E-state index is -1.07. The normalized spacial score (nSPS) is 11.8. The molecule has 120 valence electrons. The Balaban J connectivity index is 2.47. The summed E-state index contributed by atoms with van der Waals surface area (Å²) in [5.74, 6) is -1.84. The van der Waals surface area contributed by atoms with E-state index in [1.165, 1.54) is 6.07 Å². The number of carbonyl (C=O) groups is 3. The van der Waals surface area contributed by atoms with Gasteiger partial charge in [-0.05, 0) is 24.1 Å². The predicted octanol–water partition coefficient (Wildman–Crippen LogP) is 0.780. The molecule has 1 aromatic rings. The highest BCUT2D eigenvalue weighted by Gasteiger charge is 2.23. The lowest BCUT2D eigenvalue weighted by atomic mass is 10.0. The average molecular weight is 308 g/mol. The SMILES string of the molecule is CC(C)[C@H](NC(=O)CCOc1cccc(C(N)=O)c1)C(=O)O. The fourth-order valence-corrected chi connectivity index (χ4v) is 1.76. The van der Waals surface area contributed by atoms with Crippen LogP contribution in [0.25, 0.3) is 0 Å². The first-order chi connectivity index (χ1) is 10.3. The molecular weight excluding hydrogens is 288 g/mol. The summed E-state index contributed by atoms with van der Waals surface area (Å²) in [7, 11) is 0. The molecule has 0 fully saturated rings. The lowest BCUT2D eigenvalue weighted by Crippen LogP contribution is -2.44. The second kappa shape index (κ2) is 8.02. The smallest absolute Gasteiger partial charge is 0.326 e. The van der Waals surface area contributed by atoms with Gasteiger partial charge in [0.25, 0.3) is 0 Å². The summed E-state index contributed by atoms with van der Waals surface area (Å²) in [6.45, 7) is 3.49. The Bertz CT molecular complexity index is 557. The van der Waals surface area contributed by atoms with E-state index in [2.05, 4.69) is 5.32 Å². The van der Waals surface area contributed by atoms with Gasteiger partial charge in [-0.2, -0.15) is 0 Å². The number of benzene rings is 1. The third kappa shape index (κ3) is 5.43. The van der Waals surface area contributed by atoms with E-state index in [0.29, 0.717) is 11.3 Å². The van der Waals surface area contributed by atoms with Gasteiger partial charge in [-0.15, -0.1) is 0 Å². The van der Waals surface area contributed by atoms with Crippen LogP contribution in [-0.2, 0) is 9.59 Å². The lowest BCUT2D eigenvalue weighted by molar-refractivity contribution is -0.143. The molecule has 0 aliphatic carbocycles. The number of carbonyl (C=O) groups excluding carboxylic acids is 2. The maximum atomic E-state index is 11.7. The van der Waals surface area contributed by atoms with Gasteiger partial charge in [-0.25, -0.2) is 4.79 Å². The Kier molecular flexibility index (Phi) is 6.37. The summed E-state index contributed by atoms with van der Waals surface area (Å²) in [6, 6.07) is 5.37. The van der Waals surface area contributed by atoms with Crippen molar-refractivity contribution >= 4 is 17.8 Å². The summed E-state index contributed by atoms with van der Waals surface area (Å²) in [5.41, 5.74) is 5.47. The van der Waals surface area contributed by atoms with E-state index in [0.717, 1.165) is 0 Å². The van der Waals surface area contributed by atoms with Crippen molar-refractivity contribution in [2.24, 2.45) is 11.7 Å². The van der Waals surface area contributed by atoms with Crippen molar-refractivity contribution in [1.82, 2.24) is 5.32 Å². The van der Waals surface area contributed by atoms with E-state index in [9.17, 15) is 14.4 Å². The number of aliphatic carboxylic acids is 1. The zero-order valence-electron chi connectivity index (χ0n) is 12.5. The molecule has 0 spiro atoms. The number of rotatable bonds is 8. The summed E-state index contributed by atoms with van der Waals surface area (Å²) in [4.78, 5) is 33.7. The topological polar surface area (TPSA) is 119 Å². The van der Waals surface area contributed by atoms with E-state index in [-0.39, 0.29) is 18.9 Å². The van der Waals surface area contributed by atoms with Crippen molar-refractivity contribution < 1.29 is 24.2 Å². The van der Waals surface area contributed by atoms with Gasteiger partial charge in [0.05, 0.1) is 13.0 Å². The van der Waals surface area contributed by atoms with Crippen molar-refractivity contribution in [2.45, 2.75) is 26.3 Å². The van der Waals surface area contributed by atoms with Crippen LogP contribution in [-0.4, -0.2) is 35.5 Å². The van der Waals surface area contributed by atoms with Crippen LogP contribution in [0.5, 0.6) is 5.75 Å². The van der Waals surface area contributed by atoms with Crippen LogP contribution in [0.2, 0.25) is 0 Å². The second-order valence-electron chi connectivity index (χ2n) is 5.12. The Morgan fingerprint density at radius 1 is 1.32 bits per heavy atom. The Morgan fingerprint density at radius 3 is 2.55 bits per heavy atom. The van der Waals surface area contributed by atoms with E-state index in [1.807, 2.05) is 0 Å². The molecule has 2 amide bonds. The number of ether oxygens (including phenoxy) is 1. The lowest BCUT2D eigenvalue weighted by Gasteiger charge is -2.17. The number of hydrogen-bond donors (Lipinski definition) is 3. The van der Waals surface area contributed by atoms with E-state index in [4.69, 9.17) is 15.6 Å². The first-order valence-corrected chi connectivity index (χ1v) is 6.86. The van der Waals surface area contributed by atoms with Gasteiger partial charge in [-0.1, -0.05) is 19.9 Å². The molecule has 7 nitrogen and oxygen atoms in total. The van der Waals surface area contributed by atoms with Crippen LogP contribution in [0, 0.1) is 5.92 Å². The second-order valence-corrected chi connectivity index (χ2v) is 5.12. The molecule has 0 bridgehead atoms. The number of carboxylic acid groups (broad SMARTS) is 1. The number of hydrogen-bond acceptors (Lipinski definition) is 4. The van der Waals surface area contributed by atoms with Gasteiger partial charge in [0.2, 0.25) is 11.8 Å². The molecule has 1 aromatic carbocycles. The van der Waals surface area contributed by atoms with Crippen LogP contribution in [0.15, 0.2) is 24.3 Å². The zero-order chi connectivity index (χ0) is 16.7. The first kappa shape index (κ1) is 17.5. The third-order valence-corrected chi connectivity index (χ3v) is 2.97. The minimum Gasteiger partial charge on any atom is -0.493 e. The summed E-state index contributed by atoms with van der Waals surface area (Å²) in [6.07, 6.45) is 0.0112. The van der Waals surface area contributed by atoms with E-state index < -0.39 is 23.8 Å². The van der Waals surface area contributed by atoms with E-state index in [1.54, 1.807) is 32.0 Å². The number of primary amides is 1. The Hall–Kier alpha value is -2.57. The molecule has 0 radical (unpaired) electrons. The maximum Gasteiger partial charge on any atom is 0.326 e. The zero-order valence-corrected chi connectivity index (χ0v) is 12.5. The fourth-order valence-electron chi connectivity index (χ4n) is 1.76. The predicted molar refractivity (Wildman–Crippen MR) is 79.5 cm³/mol. The van der Waals surface area contributed by atoms with Gasteiger partial charge >= 0.3 is 5.97 Å².